The van der Waals surface area contributed by atoms with Gasteiger partial charge in [0, 0.05) is 18.6 Å². The Morgan fingerprint density at radius 1 is 1.47 bits per heavy atom. The molecule has 3 nitrogen and oxygen atoms in total. The van der Waals surface area contributed by atoms with Crippen LogP contribution in [0.5, 0.6) is 0 Å². The molecule has 84 valence electrons. The van der Waals surface area contributed by atoms with Gasteiger partial charge in [-0.1, -0.05) is 6.92 Å². The molecule has 0 aromatic heterocycles. The summed E-state index contributed by atoms with van der Waals surface area (Å²) in [5.74, 6) is 1.27. The molecule has 2 aliphatic rings. The first-order valence-electron chi connectivity index (χ1n) is 5.81. The van der Waals surface area contributed by atoms with Crippen molar-refractivity contribution >= 4 is 11.6 Å². The molecule has 0 bridgehead atoms. The lowest BCUT2D eigenvalue weighted by Gasteiger charge is -2.36. The monoisotopic (exact) mass is 208 g/mol. The molecule has 1 saturated carbocycles. The van der Waals surface area contributed by atoms with Crippen LogP contribution in [0.2, 0.25) is 0 Å². The predicted octanol–water partition coefficient (Wildman–Crippen LogP) is 2.42. The molecule has 0 spiro atoms. The first-order valence-corrected chi connectivity index (χ1v) is 5.81. The maximum Gasteiger partial charge on any atom is 0.240 e. The first kappa shape index (κ1) is 10.7. The molecule has 1 aliphatic carbocycles. The molecule has 2 rings (SSSR count). The van der Waals surface area contributed by atoms with Crippen molar-refractivity contribution in [3.63, 3.8) is 0 Å². The third-order valence-electron chi connectivity index (χ3n) is 3.83. The molecule has 3 heteroatoms. The van der Waals surface area contributed by atoms with Gasteiger partial charge in [-0.2, -0.15) is 5.10 Å². The third kappa shape index (κ3) is 1.58. The molecular weight excluding hydrogens is 188 g/mol. The SMILES string of the molecule is CC(=O)N1N=C2C[C@H](C)CCC2C1(C)C. The fourth-order valence-corrected chi connectivity index (χ4v) is 2.97. The van der Waals surface area contributed by atoms with E-state index in [2.05, 4.69) is 25.9 Å². The van der Waals surface area contributed by atoms with Gasteiger partial charge in [-0.05, 0) is 39.0 Å². The minimum atomic E-state index is -0.110. The average molecular weight is 208 g/mol. The third-order valence-corrected chi connectivity index (χ3v) is 3.83. The standard InChI is InChI=1S/C12H20N2O/c1-8-5-6-10-11(7-8)13-14(9(2)15)12(10,3)4/h8,10H,5-7H2,1-4H3/t8-,10?/m1/s1. The van der Waals surface area contributed by atoms with Gasteiger partial charge < -0.3 is 0 Å². The number of fused-ring (bicyclic) bond motifs is 1. The Bertz CT molecular complexity index is 320. The summed E-state index contributed by atoms with van der Waals surface area (Å²) < 4.78 is 0. The van der Waals surface area contributed by atoms with Crippen LogP contribution in [0, 0.1) is 11.8 Å². The van der Waals surface area contributed by atoms with Crippen LogP contribution in [-0.2, 0) is 4.79 Å². The first-order chi connectivity index (χ1) is 6.93. The van der Waals surface area contributed by atoms with E-state index in [1.165, 1.54) is 18.6 Å². The number of hydrogen-bond acceptors (Lipinski definition) is 2. The Labute approximate surface area is 91.5 Å². The molecule has 1 aliphatic heterocycles. The smallest absolute Gasteiger partial charge is 0.240 e. The maximum absolute atomic E-state index is 11.5. The van der Waals surface area contributed by atoms with E-state index < -0.39 is 0 Å². The van der Waals surface area contributed by atoms with Crippen LogP contribution < -0.4 is 0 Å². The van der Waals surface area contributed by atoms with Gasteiger partial charge in [-0.3, -0.25) is 4.79 Å². The Morgan fingerprint density at radius 3 is 2.73 bits per heavy atom. The van der Waals surface area contributed by atoms with E-state index >= 15 is 0 Å². The zero-order valence-electron chi connectivity index (χ0n) is 10.1. The summed E-state index contributed by atoms with van der Waals surface area (Å²) in [6.07, 6.45) is 3.51. The van der Waals surface area contributed by atoms with Crippen molar-refractivity contribution < 1.29 is 4.79 Å². The fourth-order valence-electron chi connectivity index (χ4n) is 2.97. The number of amides is 1. The van der Waals surface area contributed by atoms with E-state index in [1.807, 2.05) is 0 Å². The number of hydrogen-bond donors (Lipinski definition) is 0. The summed E-state index contributed by atoms with van der Waals surface area (Å²) in [6.45, 7) is 8.13. The maximum atomic E-state index is 11.5. The van der Waals surface area contributed by atoms with Crippen molar-refractivity contribution in [2.45, 2.75) is 52.5 Å². The molecule has 0 aromatic carbocycles. The number of carbonyl (C=O) groups excluding carboxylic acids is 1. The van der Waals surface area contributed by atoms with E-state index in [-0.39, 0.29) is 11.4 Å². The number of rotatable bonds is 0. The van der Waals surface area contributed by atoms with Gasteiger partial charge in [0.2, 0.25) is 5.91 Å². The summed E-state index contributed by atoms with van der Waals surface area (Å²) in [6, 6.07) is 0. The van der Waals surface area contributed by atoms with Crippen LogP contribution in [-0.4, -0.2) is 22.2 Å². The van der Waals surface area contributed by atoms with E-state index in [1.54, 1.807) is 11.9 Å². The second kappa shape index (κ2) is 3.32. The summed E-state index contributed by atoms with van der Waals surface area (Å²) in [5, 5.41) is 6.20. The van der Waals surface area contributed by atoms with Crippen LogP contribution >= 0.6 is 0 Å². The largest absolute Gasteiger partial charge is 0.273 e. The molecule has 1 amide bonds. The molecule has 0 aromatic rings. The molecule has 2 atom stereocenters. The van der Waals surface area contributed by atoms with Gasteiger partial charge >= 0.3 is 0 Å². The van der Waals surface area contributed by atoms with Crippen LogP contribution in [0.1, 0.15) is 47.0 Å². The zero-order chi connectivity index (χ0) is 11.2. The zero-order valence-corrected chi connectivity index (χ0v) is 10.1. The van der Waals surface area contributed by atoms with Gasteiger partial charge in [-0.25, -0.2) is 5.01 Å². The molecule has 1 fully saturated rings. The highest BCUT2D eigenvalue weighted by atomic mass is 16.2. The van der Waals surface area contributed by atoms with E-state index in [9.17, 15) is 4.79 Å². The average Bonchev–Trinajstić information content (AvgIpc) is 2.37. The Hall–Kier alpha value is -0.860. The summed E-state index contributed by atoms with van der Waals surface area (Å²) >= 11 is 0. The molecule has 0 radical (unpaired) electrons. The highest BCUT2D eigenvalue weighted by Gasteiger charge is 2.47. The van der Waals surface area contributed by atoms with Crippen molar-refractivity contribution in [3.8, 4) is 0 Å². The van der Waals surface area contributed by atoms with Crippen LogP contribution in [0.15, 0.2) is 5.10 Å². The lowest BCUT2D eigenvalue weighted by molar-refractivity contribution is -0.134. The van der Waals surface area contributed by atoms with E-state index in [4.69, 9.17) is 0 Å². The summed E-state index contributed by atoms with van der Waals surface area (Å²) in [4.78, 5) is 11.5. The predicted molar refractivity (Wildman–Crippen MR) is 60.5 cm³/mol. The second-order valence-corrected chi connectivity index (χ2v) is 5.52. The molecular formula is C12H20N2O. The van der Waals surface area contributed by atoms with Crippen molar-refractivity contribution in [3.05, 3.63) is 0 Å². The van der Waals surface area contributed by atoms with Crippen molar-refractivity contribution in [2.75, 3.05) is 0 Å². The molecule has 15 heavy (non-hydrogen) atoms. The lowest BCUT2D eigenvalue weighted by Crippen LogP contribution is -2.46. The van der Waals surface area contributed by atoms with Crippen LogP contribution in [0.4, 0.5) is 0 Å². The number of carbonyl (C=O) groups is 1. The Balaban J connectivity index is 2.29. The van der Waals surface area contributed by atoms with Crippen molar-refractivity contribution in [2.24, 2.45) is 16.9 Å². The lowest BCUT2D eigenvalue weighted by atomic mass is 9.73. The Kier molecular flexibility index (Phi) is 2.36. The van der Waals surface area contributed by atoms with Crippen LogP contribution in [0.3, 0.4) is 0 Å². The van der Waals surface area contributed by atoms with Gasteiger partial charge in [0.05, 0.1) is 5.54 Å². The summed E-state index contributed by atoms with van der Waals surface area (Å²) in [7, 11) is 0. The topological polar surface area (TPSA) is 32.7 Å². The van der Waals surface area contributed by atoms with Gasteiger partial charge in [0.25, 0.3) is 0 Å². The second-order valence-electron chi connectivity index (χ2n) is 5.52. The van der Waals surface area contributed by atoms with E-state index in [0.29, 0.717) is 5.92 Å². The minimum Gasteiger partial charge on any atom is -0.273 e. The highest BCUT2D eigenvalue weighted by molar-refractivity contribution is 5.93. The molecule has 0 saturated heterocycles. The molecule has 1 unspecified atom stereocenters. The van der Waals surface area contributed by atoms with E-state index in [0.717, 1.165) is 12.3 Å². The van der Waals surface area contributed by atoms with Gasteiger partial charge in [-0.15, -0.1) is 0 Å². The molecule has 0 N–H and O–H groups in total. The normalized spacial score (nSPS) is 33.6. The van der Waals surface area contributed by atoms with Crippen molar-refractivity contribution in [1.29, 1.82) is 0 Å². The van der Waals surface area contributed by atoms with Crippen LogP contribution in [0.25, 0.3) is 0 Å². The highest BCUT2D eigenvalue weighted by Crippen LogP contribution is 2.41. The number of nitrogens with zero attached hydrogens (tertiary/aromatic N) is 2. The minimum absolute atomic E-state index is 0.0644. The fraction of sp³-hybridized carbons (Fsp3) is 0.833. The quantitative estimate of drug-likeness (QED) is 0.601. The Morgan fingerprint density at radius 2 is 2.13 bits per heavy atom. The molecule has 1 heterocycles. The van der Waals surface area contributed by atoms with Gasteiger partial charge in [0.1, 0.15) is 0 Å². The van der Waals surface area contributed by atoms with Gasteiger partial charge in [0.15, 0.2) is 0 Å². The summed E-state index contributed by atoms with van der Waals surface area (Å²) in [5.41, 5.74) is 1.13. The number of hydrazone groups is 1. The van der Waals surface area contributed by atoms with Crippen molar-refractivity contribution in [1.82, 2.24) is 5.01 Å².